The van der Waals surface area contributed by atoms with Gasteiger partial charge in [-0.15, -0.1) is 0 Å². The molecule has 3 aromatic rings. The van der Waals surface area contributed by atoms with Gasteiger partial charge in [0, 0.05) is 29.9 Å². The van der Waals surface area contributed by atoms with Crippen LogP contribution in [0.4, 0.5) is 18.9 Å². The van der Waals surface area contributed by atoms with Gasteiger partial charge in [0.15, 0.2) is 0 Å². The molecule has 34 heavy (non-hydrogen) atoms. The Morgan fingerprint density at radius 2 is 1.50 bits per heavy atom. The van der Waals surface area contributed by atoms with Gasteiger partial charge in [-0.3, -0.25) is 9.59 Å². The summed E-state index contributed by atoms with van der Waals surface area (Å²) in [6.45, 7) is 1.99. The van der Waals surface area contributed by atoms with Gasteiger partial charge in [-0.25, -0.2) is 0 Å². The van der Waals surface area contributed by atoms with Crippen LogP contribution in [0.15, 0.2) is 72.8 Å². The Balaban J connectivity index is 1.45. The molecular formula is C25H21F3N2O4. The number of halogens is 3. The lowest BCUT2D eigenvalue weighted by Crippen LogP contribution is -2.40. The van der Waals surface area contributed by atoms with Crippen molar-refractivity contribution in [1.82, 2.24) is 4.90 Å². The molecule has 3 aromatic carbocycles. The third-order valence-electron chi connectivity index (χ3n) is 5.16. The first-order chi connectivity index (χ1) is 16.3. The van der Waals surface area contributed by atoms with E-state index in [-0.39, 0.29) is 23.0 Å². The van der Waals surface area contributed by atoms with E-state index < -0.39 is 17.6 Å². The fourth-order valence-electron chi connectivity index (χ4n) is 3.46. The van der Waals surface area contributed by atoms with Crippen molar-refractivity contribution in [3.63, 3.8) is 0 Å². The van der Waals surface area contributed by atoms with E-state index in [0.717, 1.165) is 12.1 Å². The maximum Gasteiger partial charge on any atom is 0.416 e. The van der Waals surface area contributed by atoms with E-state index in [4.69, 9.17) is 9.47 Å². The van der Waals surface area contributed by atoms with Crippen molar-refractivity contribution in [2.45, 2.75) is 6.18 Å². The minimum Gasteiger partial charge on any atom is -0.457 e. The van der Waals surface area contributed by atoms with Gasteiger partial charge in [-0.05, 0) is 54.6 Å². The first-order valence-electron chi connectivity index (χ1n) is 10.5. The molecule has 1 aliphatic heterocycles. The Labute approximate surface area is 193 Å². The SMILES string of the molecule is O=C(Nc1cccc(C(=O)N2CCOCC2)c1)c1cccc(Oc2cccc(C(F)(F)F)c2)c1. The lowest BCUT2D eigenvalue weighted by atomic mass is 10.1. The summed E-state index contributed by atoms with van der Waals surface area (Å²) < 4.78 is 49.6. The maximum atomic E-state index is 12.9. The average molecular weight is 470 g/mol. The Morgan fingerprint density at radius 3 is 2.24 bits per heavy atom. The van der Waals surface area contributed by atoms with Crippen LogP contribution in [0.1, 0.15) is 26.3 Å². The van der Waals surface area contributed by atoms with E-state index in [1.165, 1.54) is 18.2 Å². The lowest BCUT2D eigenvalue weighted by molar-refractivity contribution is -0.137. The number of hydrogen-bond donors (Lipinski definition) is 1. The molecule has 0 atom stereocenters. The molecule has 176 valence electrons. The molecule has 6 nitrogen and oxygen atoms in total. The Kier molecular flexibility index (Phi) is 6.83. The van der Waals surface area contributed by atoms with Crippen molar-refractivity contribution < 1.29 is 32.2 Å². The van der Waals surface area contributed by atoms with Crippen molar-refractivity contribution in [3.8, 4) is 11.5 Å². The van der Waals surface area contributed by atoms with Crippen molar-refractivity contribution in [2.75, 3.05) is 31.6 Å². The number of hydrogen-bond acceptors (Lipinski definition) is 4. The second kappa shape index (κ2) is 9.96. The Bertz CT molecular complexity index is 1190. The van der Waals surface area contributed by atoms with Crippen LogP contribution in [0.25, 0.3) is 0 Å². The van der Waals surface area contributed by atoms with Gasteiger partial charge >= 0.3 is 6.18 Å². The van der Waals surface area contributed by atoms with Crippen LogP contribution in [0.3, 0.4) is 0 Å². The summed E-state index contributed by atoms with van der Waals surface area (Å²) in [6.07, 6.45) is -4.49. The molecule has 1 heterocycles. The van der Waals surface area contributed by atoms with Crippen LogP contribution in [0, 0.1) is 0 Å². The number of amides is 2. The van der Waals surface area contributed by atoms with Crippen LogP contribution in [0.2, 0.25) is 0 Å². The van der Waals surface area contributed by atoms with Gasteiger partial charge in [0.1, 0.15) is 11.5 Å². The molecular weight excluding hydrogens is 449 g/mol. The number of rotatable bonds is 5. The molecule has 4 rings (SSSR count). The number of benzene rings is 3. The van der Waals surface area contributed by atoms with E-state index in [1.807, 2.05) is 0 Å². The topological polar surface area (TPSA) is 67.9 Å². The molecule has 0 aromatic heterocycles. The molecule has 9 heteroatoms. The van der Waals surface area contributed by atoms with Crippen molar-refractivity contribution >= 4 is 17.5 Å². The molecule has 2 amide bonds. The van der Waals surface area contributed by atoms with Crippen LogP contribution >= 0.6 is 0 Å². The monoisotopic (exact) mass is 470 g/mol. The molecule has 1 fully saturated rings. The summed E-state index contributed by atoms with van der Waals surface area (Å²) in [4.78, 5) is 27.1. The summed E-state index contributed by atoms with van der Waals surface area (Å²) in [5, 5.41) is 2.74. The third kappa shape index (κ3) is 5.74. The standard InChI is InChI=1S/C25H21F3N2O4/c26-25(27,28)19-6-3-9-22(16-19)34-21-8-2-4-17(15-21)23(31)29-20-7-1-5-18(14-20)24(32)30-10-12-33-13-11-30/h1-9,14-16H,10-13H2,(H,29,31). The summed E-state index contributed by atoms with van der Waals surface area (Å²) in [5.74, 6) is -0.383. The number of nitrogens with one attached hydrogen (secondary N) is 1. The number of carbonyl (C=O) groups excluding carboxylic acids is 2. The minimum atomic E-state index is -4.49. The highest BCUT2D eigenvalue weighted by Gasteiger charge is 2.30. The molecule has 1 aliphatic rings. The molecule has 0 unspecified atom stereocenters. The first kappa shape index (κ1) is 23.3. The predicted octanol–water partition coefficient (Wildman–Crippen LogP) is 5.22. The van der Waals surface area contributed by atoms with Crippen molar-refractivity contribution in [2.24, 2.45) is 0 Å². The fourth-order valence-corrected chi connectivity index (χ4v) is 3.46. The van der Waals surface area contributed by atoms with Gasteiger partial charge in [-0.2, -0.15) is 13.2 Å². The third-order valence-corrected chi connectivity index (χ3v) is 5.16. The van der Waals surface area contributed by atoms with E-state index in [1.54, 1.807) is 47.4 Å². The second-order valence-electron chi connectivity index (χ2n) is 7.59. The maximum absolute atomic E-state index is 12.9. The zero-order chi connectivity index (χ0) is 24.1. The van der Waals surface area contributed by atoms with Gasteiger partial charge in [-0.1, -0.05) is 18.2 Å². The molecule has 0 radical (unpaired) electrons. The molecule has 0 bridgehead atoms. The van der Waals surface area contributed by atoms with E-state index >= 15 is 0 Å². The number of nitrogens with zero attached hydrogens (tertiary/aromatic N) is 1. The van der Waals surface area contributed by atoms with E-state index in [2.05, 4.69) is 5.32 Å². The predicted molar refractivity (Wildman–Crippen MR) is 119 cm³/mol. The molecule has 1 saturated heterocycles. The van der Waals surface area contributed by atoms with Crippen LogP contribution in [-0.2, 0) is 10.9 Å². The van der Waals surface area contributed by atoms with Crippen molar-refractivity contribution in [1.29, 1.82) is 0 Å². The number of morpholine rings is 1. The molecule has 0 aliphatic carbocycles. The summed E-state index contributed by atoms with van der Waals surface area (Å²) >= 11 is 0. The van der Waals surface area contributed by atoms with Crippen LogP contribution in [-0.4, -0.2) is 43.0 Å². The highest BCUT2D eigenvalue weighted by Crippen LogP contribution is 2.32. The molecule has 0 saturated carbocycles. The van der Waals surface area contributed by atoms with E-state index in [0.29, 0.717) is 37.6 Å². The highest BCUT2D eigenvalue weighted by molar-refractivity contribution is 6.05. The Morgan fingerprint density at radius 1 is 0.853 bits per heavy atom. The van der Waals surface area contributed by atoms with Gasteiger partial charge in [0.05, 0.1) is 18.8 Å². The summed E-state index contributed by atoms with van der Waals surface area (Å²) in [7, 11) is 0. The number of ether oxygens (including phenoxy) is 2. The summed E-state index contributed by atoms with van der Waals surface area (Å²) in [5.41, 5.74) is 0.300. The lowest BCUT2D eigenvalue weighted by Gasteiger charge is -2.27. The van der Waals surface area contributed by atoms with E-state index in [9.17, 15) is 22.8 Å². The quantitative estimate of drug-likeness (QED) is 0.555. The number of carbonyl (C=O) groups is 2. The second-order valence-corrected chi connectivity index (χ2v) is 7.59. The van der Waals surface area contributed by atoms with Gasteiger partial charge in [0.2, 0.25) is 0 Å². The smallest absolute Gasteiger partial charge is 0.416 e. The average Bonchev–Trinajstić information content (AvgIpc) is 2.84. The first-order valence-corrected chi connectivity index (χ1v) is 10.5. The van der Waals surface area contributed by atoms with Gasteiger partial charge < -0.3 is 19.7 Å². The van der Waals surface area contributed by atoms with Gasteiger partial charge in [0.25, 0.3) is 11.8 Å². The van der Waals surface area contributed by atoms with Crippen LogP contribution in [0.5, 0.6) is 11.5 Å². The zero-order valence-electron chi connectivity index (χ0n) is 18.0. The number of anilines is 1. The minimum absolute atomic E-state index is 0.00158. The molecule has 0 spiro atoms. The van der Waals surface area contributed by atoms with Crippen molar-refractivity contribution in [3.05, 3.63) is 89.5 Å². The summed E-state index contributed by atoms with van der Waals surface area (Å²) in [6, 6.07) is 17.2. The fraction of sp³-hybridized carbons (Fsp3) is 0.200. The Hall–Kier alpha value is -3.85. The van der Waals surface area contributed by atoms with Crippen LogP contribution < -0.4 is 10.1 Å². The highest BCUT2D eigenvalue weighted by atomic mass is 19.4. The number of alkyl halides is 3. The molecule has 1 N–H and O–H groups in total. The largest absolute Gasteiger partial charge is 0.457 e. The normalized spacial score (nSPS) is 13.9. The zero-order valence-corrected chi connectivity index (χ0v) is 18.0.